The molecule has 6 heteroatoms. The Morgan fingerprint density at radius 1 is 1.15 bits per heavy atom. The molecule has 1 aliphatic carbocycles. The van der Waals surface area contributed by atoms with Crippen LogP contribution in [0.4, 0.5) is 17.6 Å². The highest BCUT2D eigenvalue weighted by Gasteiger charge is 2.30. The maximum absolute atomic E-state index is 12.6. The molecule has 0 bridgehead atoms. The smallest absolute Gasteiger partial charge is 0.374 e. The highest BCUT2D eigenvalue weighted by atomic mass is 19.4. The number of hydrogen-bond donors (Lipinski definition) is 0. The molecule has 1 aromatic rings. The Balaban J connectivity index is 1.65. The monoisotopic (exact) mass is 381 g/mol. The van der Waals surface area contributed by atoms with Crippen LogP contribution in [0.25, 0.3) is 0 Å². The second-order valence-corrected chi connectivity index (χ2v) is 6.78. The van der Waals surface area contributed by atoms with Gasteiger partial charge in [-0.3, -0.25) is 0 Å². The molecular weight excluding hydrogens is 358 g/mol. The van der Waals surface area contributed by atoms with Gasteiger partial charge in [-0.2, -0.15) is 22.8 Å². The van der Waals surface area contributed by atoms with Gasteiger partial charge in [-0.05, 0) is 68.2 Å². The molecule has 0 radical (unpaired) electrons. The van der Waals surface area contributed by atoms with E-state index in [4.69, 9.17) is 10.00 Å². The number of benzene rings is 1. The molecule has 1 saturated carbocycles. The van der Waals surface area contributed by atoms with Crippen LogP contribution in [0.3, 0.4) is 0 Å². The Labute approximate surface area is 157 Å². The fourth-order valence-electron chi connectivity index (χ4n) is 3.21. The highest BCUT2D eigenvalue weighted by molar-refractivity contribution is 5.24. The molecule has 0 saturated heterocycles. The van der Waals surface area contributed by atoms with E-state index in [9.17, 15) is 17.6 Å². The molecule has 2 nitrogen and oxygen atoms in total. The van der Waals surface area contributed by atoms with Crippen molar-refractivity contribution < 1.29 is 22.3 Å². The SMILES string of the molecule is N#CC(F)=CC=CCCC1CCC(OCc2ccc(C(F)(F)F)cc2)CC1. The summed E-state index contributed by atoms with van der Waals surface area (Å²) < 4.78 is 56.1. The van der Waals surface area contributed by atoms with Crippen molar-refractivity contribution in [2.45, 2.75) is 57.4 Å². The minimum Gasteiger partial charge on any atom is -0.374 e. The predicted molar refractivity (Wildman–Crippen MR) is 95.2 cm³/mol. The number of alkyl halides is 3. The van der Waals surface area contributed by atoms with Gasteiger partial charge < -0.3 is 4.74 Å². The number of allylic oxidation sites excluding steroid dienone is 4. The third kappa shape index (κ3) is 7.56. The van der Waals surface area contributed by atoms with Crippen molar-refractivity contribution in [1.82, 2.24) is 0 Å². The standard InChI is InChI=1S/C21H23F4NO/c22-19(14-26)5-3-1-2-4-16-8-12-20(13-9-16)27-15-17-6-10-18(11-7-17)21(23,24)25/h1,3,5-7,10-11,16,20H,2,4,8-9,12-13,15H2. The number of halogens is 4. The molecule has 0 amide bonds. The van der Waals surface area contributed by atoms with Crippen LogP contribution in [-0.4, -0.2) is 6.10 Å². The number of nitrogens with zero attached hydrogens (tertiary/aromatic N) is 1. The van der Waals surface area contributed by atoms with Gasteiger partial charge in [0.05, 0.1) is 18.3 Å². The van der Waals surface area contributed by atoms with Crippen LogP contribution in [-0.2, 0) is 17.5 Å². The van der Waals surface area contributed by atoms with Gasteiger partial charge in [-0.1, -0.05) is 24.3 Å². The summed E-state index contributed by atoms with van der Waals surface area (Å²) in [5, 5.41) is 8.30. The Morgan fingerprint density at radius 3 is 2.41 bits per heavy atom. The van der Waals surface area contributed by atoms with Gasteiger partial charge in [0.15, 0.2) is 5.83 Å². The second-order valence-electron chi connectivity index (χ2n) is 6.78. The summed E-state index contributed by atoms with van der Waals surface area (Å²) in [5.74, 6) is -0.192. The van der Waals surface area contributed by atoms with Crippen LogP contribution in [0, 0.1) is 17.2 Å². The summed E-state index contributed by atoms with van der Waals surface area (Å²) in [6.45, 7) is 0.326. The van der Waals surface area contributed by atoms with Crippen molar-refractivity contribution in [2.75, 3.05) is 0 Å². The van der Waals surface area contributed by atoms with E-state index in [-0.39, 0.29) is 6.10 Å². The van der Waals surface area contributed by atoms with Crippen molar-refractivity contribution in [3.05, 3.63) is 59.4 Å². The molecule has 1 aromatic carbocycles. The van der Waals surface area contributed by atoms with E-state index < -0.39 is 17.6 Å². The summed E-state index contributed by atoms with van der Waals surface area (Å²) in [6, 6.07) is 6.52. The predicted octanol–water partition coefficient (Wildman–Crippen LogP) is 6.49. The topological polar surface area (TPSA) is 33.0 Å². The van der Waals surface area contributed by atoms with E-state index in [1.807, 2.05) is 6.08 Å². The molecule has 146 valence electrons. The lowest BCUT2D eigenvalue weighted by Crippen LogP contribution is -2.21. The molecule has 0 spiro atoms. The van der Waals surface area contributed by atoms with Gasteiger partial charge in [-0.15, -0.1) is 0 Å². The number of hydrogen-bond acceptors (Lipinski definition) is 2. The minimum absolute atomic E-state index is 0.145. The van der Waals surface area contributed by atoms with E-state index in [0.29, 0.717) is 12.5 Å². The normalized spacial score (nSPS) is 21.4. The third-order valence-electron chi connectivity index (χ3n) is 4.79. The Morgan fingerprint density at radius 2 is 1.81 bits per heavy atom. The number of nitriles is 1. The molecule has 2 rings (SSSR count). The lowest BCUT2D eigenvalue weighted by atomic mass is 9.84. The van der Waals surface area contributed by atoms with E-state index in [0.717, 1.165) is 62.3 Å². The van der Waals surface area contributed by atoms with Crippen molar-refractivity contribution in [3.63, 3.8) is 0 Å². The average Bonchev–Trinajstić information content (AvgIpc) is 2.66. The largest absolute Gasteiger partial charge is 0.416 e. The van der Waals surface area contributed by atoms with Crippen LogP contribution in [0.2, 0.25) is 0 Å². The summed E-state index contributed by atoms with van der Waals surface area (Å²) in [4.78, 5) is 0. The maximum atomic E-state index is 12.6. The van der Waals surface area contributed by atoms with Crippen LogP contribution in [0.5, 0.6) is 0 Å². The molecule has 0 aliphatic heterocycles. The molecule has 0 aromatic heterocycles. The molecule has 0 N–H and O–H groups in total. The molecule has 0 atom stereocenters. The lowest BCUT2D eigenvalue weighted by molar-refractivity contribution is -0.137. The highest BCUT2D eigenvalue weighted by Crippen LogP contribution is 2.31. The van der Waals surface area contributed by atoms with E-state index >= 15 is 0 Å². The van der Waals surface area contributed by atoms with Crippen LogP contribution in [0.15, 0.2) is 48.3 Å². The van der Waals surface area contributed by atoms with Gasteiger partial charge in [0.2, 0.25) is 0 Å². The number of ether oxygens (including phenoxy) is 1. The number of rotatable bonds is 7. The van der Waals surface area contributed by atoms with Gasteiger partial charge in [0.1, 0.15) is 6.07 Å². The quantitative estimate of drug-likeness (QED) is 0.307. The molecule has 1 fully saturated rings. The van der Waals surface area contributed by atoms with Crippen molar-refractivity contribution in [3.8, 4) is 6.07 Å². The Hall–Kier alpha value is -2.13. The summed E-state index contributed by atoms with van der Waals surface area (Å²) in [7, 11) is 0. The van der Waals surface area contributed by atoms with Crippen LogP contribution >= 0.6 is 0 Å². The zero-order chi connectivity index (χ0) is 19.7. The van der Waals surface area contributed by atoms with Crippen LogP contribution in [0.1, 0.15) is 49.7 Å². The van der Waals surface area contributed by atoms with Gasteiger partial charge >= 0.3 is 6.18 Å². The zero-order valence-corrected chi connectivity index (χ0v) is 15.0. The fraction of sp³-hybridized carbons (Fsp3) is 0.476. The first kappa shape index (κ1) is 21.2. The van der Waals surface area contributed by atoms with Crippen molar-refractivity contribution in [1.29, 1.82) is 5.26 Å². The third-order valence-corrected chi connectivity index (χ3v) is 4.79. The molecule has 0 heterocycles. The molecular formula is C21H23F4NO. The zero-order valence-electron chi connectivity index (χ0n) is 15.0. The van der Waals surface area contributed by atoms with Crippen molar-refractivity contribution >= 4 is 0 Å². The molecule has 27 heavy (non-hydrogen) atoms. The maximum Gasteiger partial charge on any atom is 0.416 e. The minimum atomic E-state index is -4.31. The van der Waals surface area contributed by atoms with Crippen molar-refractivity contribution in [2.24, 2.45) is 5.92 Å². The van der Waals surface area contributed by atoms with E-state index in [2.05, 4.69) is 0 Å². The van der Waals surface area contributed by atoms with Gasteiger partial charge in [-0.25, -0.2) is 0 Å². The average molecular weight is 381 g/mol. The second kappa shape index (κ2) is 10.3. The Kier molecular flexibility index (Phi) is 8.05. The summed E-state index contributed by atoms with van der Waals surface area (Å²) in [5.41, 5.74) is 0.0968. The molecule has 0 unspecified atom stereocenters. The molecule has 1 aliphatic rings. The Bertz CT molecular complexity index is 678. The van der Waals surface area contributed by atoms with Gasteiger partial charge in [0, 0.05) is 0 Å². The van der Waals surface area contributed by atoms with E-state index in [1.165, 1.54) is 18.2 Å². The fourth-order valence-corrected chi connectivity index (χ4v) is 3.21. The van der Waals surface area contributed by atoms with Crippen LogP contribution < -0.4 is 0 Å². The lowest BCUT2D eigenvalue weighted by Gasteiger charge is -2.28. The van der Waals surface area contributed by atoms with Gasteiger partial charge in [0.25, 0.3) is 0 Å². The first-order chi connectivity index (χ1) is 12.9. The first-order valence-corrected chi connectivity index (χ1v) is 9.08. The summed E-state index contributed by atoms with van der Waals surface area (Å²) >= 11 is 0. The summed E-state index contributed by atoms with van der Waals surface area (Å²) in [6.07, 6.45) is 6.27. The van der Waals surface area contributed by atoms with E-state index in [1.54, 1.807) is 6.08 Å². The first-order valence-electron chi connectivity index (χ1n) is 9.08.